The first-order chi connectivity index (χ1) is 10.5. The summed E-state index contributed by atoms with van der Waals surface area (Å²) >= 11 is 3.38. The summed E-state index contributed by atoms with van der Waals surface area (Å²) in [6, 6.07) is 2.12. The summed E-state index contributed by atoms with van der Waals surface area (Å²) in [6.45, 7) is 3.24. The molecule has 2 aromatic heterocycles. The number of aryl methyl sites for hydroxylation is 1. The van der Waals surface area contributed by atoms with Gasteiger partial charge in [-0.25, -0.2) is 4.98 Å². The number of amides is 1. The van der Waals surface area contributed by atoms with Gasteiger partial charge in [0.15, 0.2) is 0 Å². The average Bonchev–Trinajstić information content (AvgIpc) is 3.09. The SMILES string of the molecule is Cc1nc(-c2cc3c(s2)CCN(C(=O)CCC(=O)O)C3)cs1. The van der Waals surface area contributed by atoms with E-state index in [2.05, 4.69) is 16.4 Å². The first-order valence-electron chi connectivity index (χ1n) is 7.06. The maximum atomic E-state index is 12.0. The van der Waals surface area contributed by atoms with Crippen molar-refractivity contribution in [3.8, 4) is 10.6 Å². The summed E-state index contributed by atoms with van der Waals surface area (Å²) in [5.41, 5.74) is 2.17. The predicted molar refractivity (Wildman–Crippen MR) is 86.2 cm³/mol. The molecule has 0 spiro atoms. The van der Waals surface area contributed by atoms with Crippen molar-refractivity contribution in [3.63, 3.8) is 0 Å². The molecule has 3 rings (SSSR count). The Bertz CT molecular complexity index is 720. The van der Waals surface area contributed by atoms with Gasteiger partial charge >= 0.3 is 5.97 Å². The normalized spacial score (nSPS) is 14.0. The third-order valence-electron chi connectivity index (χ3n) is 3.64. The number of nitrogens with zero attached hydrogens (tertiary/aromatic N) is 2. The van der Waals surface area contributed by atoms with Gasteiger partial charge in [-0.2, -0.15) is 0 Å². The van der Waals surface area contributed by atoms with Crippen LogP contribution >= 0.6 is 22.7 Å². The van der Waals surface area contributed by atoms with E-state index in [0.29, 0.717) is 13.1 Å². The van der Waals surface area contributed by atoms with Gasteiger partial charge in [0.2, 0.25) is 5.91 Å². The minimum Gasteiger partial charge on any atom is -0.481 e. The van der Waals surface area contributed by atoms with Crippen LogP contribution < -0.4 is 0 Å². The van der Waals surface area contributed by atoms with Crippen molar-refractivity contribution < 1.29 is 14.7 Å². The molecule has 0 radical (unpaired) electrons. The molecule has 0 bridgehead atoms. The molecular weight excluding hydrogens is 320 g/mol. The van der Waals surface area contributed by atoms with E-state index in [1.165, 1.54) is 10.4 Å². The summed E-state index contributed by atoms with van der Waals surface area (Å²) in [4.78, 5) is 31.3. The average molecular weight is 336 g/mol. The molecule has 5 nitrogen and oxygen atoms in total. The van der Waals surface area contributed by atoms with Crippen LogP contribution in [0.4, 0.5) is 0 Å². The summed E-state index contributed by atoms with van der Waals surface area (Å²) in [5.74, 6) is -1.01. The molecule has 7 heteroatoms. The Balaban J connectivity index is 1.72. The summed E-state index contributed by atoms with van der Waals surface area (Å²) in [5, 5.41) is 11.8. The van der Waals surface area contributed by atoms with Crippen molar-refractivity contribution in [3.05, 3.63) is 26.9 Å². The van der Waals surface area contributed by atoms with Gasteiger partial charge in [-0.15, -0.1) is 22.7 Å². The fourth-order valence-electron chi connectivity index (χ4n) is 2.52. The molecule has 0 aromatic carbocycles. The maximum absolute atomic E-state index is 12.0. The van der Waals surface area contributed by atoms with Crippen molar-refractivity contribution in [1.29, 1.82) is 0 Å². The van der Waals surface area contributed by atoms with Crippen molar-refractivity contribution >= 4 is 34.6 Å². The van der Waals surface area contributed by atoms with Gasteiger partial charge in [0.25, 0.3) is 0 Å². The van der Waals surface area contributed by atoms with E-state index in [4.69, 9.17) is 5.11 Å². The molecule has 1 N–H and O–H groups in total. The van der Waals surface area contributed by atoms with Crippen molar-refractivity contribution in [1.82, 2.24) is 9.88 Å². The number of thiazole rings is 1. The molecule has 0 saturated carbocycles. The second-order valence-corrected chi connectivity index (χ2v) is 7.47. The second kappa shape index (κ2) is 6.18. The molecule has 22 heavy (non-hydrogen) atoms. The molecule has 0 saturated heterocycles. The third kappa shape index (κ3) is 3.20. The Morgan fingerprint density at radius 1 is 1.41 bits per heavy atom. The molecule has 1 aliphatic rings. The van der Waals surface area contributed by atoms with Crippen LogP contribution in [0.25, 0.3) is 10.6 Å². The minimum atomic E-state index is -0.928. The zero-order valence-corrected chi connectivity index (χ0v) is 13.8. The lowest BCUT2D eigenvalue weighted by molar-refractivity contribution is -0.141. The molecule has 116 valence electrons. The lowest BCUT2D eigenvalue weighted by Gasteiger charge is -2.26. The zero-order chi connectivity index (χ0) is 15.7. The van der Waals surface area contributed by atoms with Crippen LogP contribution in [0.5, 0.6) is 0 Å². The highest BCUT2D eigenvalue weighted by molar-refractivity contribution is 7.16. The van der Waals surface area contributed by atoms with Gasteiger partial charge in [-0.3, -0.25) is 9.59 Å². The van der Waals surface area contributed by atoms with Crippen molar-refractivity contribution in [2.75, 3.05) is 6.54 Å². The number of hydrogen-bond acceptors (Lipinski definition) is 5. The number of aliphatic carboxylic acids is 1. The molecule has 3 heterocycles. The first kappa shape index (κ1) is 15.2. The molecule has 1 aliphatic heterocycles. The number of aromatic nitrogens is 1. The maximum Gasteiger partial charge on any atom is 0.303 e. The Kier molecular flexibility index (Phi) is 4.26. The lowest BCUT2D eigenvalue weighted by Crippen LogP contribution is -2.35. The number of carboxylic acids is 1. The highest BCUT2D eigenvalue weighted by Crippen LogP contribution is 2.35. The van der Waals surface area contributed by atoms with E-state index in [0.717, 1.165) is 22.0 Å². The number of rotatable bonds is 4. The van der Waals surface area contributed by atoms with Crippen LogP contribution in [0, 0.1) is 6.92 Å². The van der Waals surface area contributed by atoms with E-state index >= 15 is 0 Å². The topological polar surface area (TPSA) is 70.5 Å². The van der Waals surface area contributed by atoms with Gasteiger partial charge in [-0.1, -0.05) is 0 Å². The van der Waals surface area contributed by atoms with E-state index in [-0.39, 0.29) is 18.7 Å². The van der Waals surface area contributed by atoms with Gasteiger partial charge in [0.05, 0.1) is 22.0 Å². The highest BCUT2D eigenvalue weighted by atomic mass is 32.1. The summed E-state index contributed by atoms with van der Waals surface area (Å²) in [6.07, 6.45) is 0.810. The summed E-state index contributed by atoms with van der Waals surface area (Å²) < 4.78 is 0. The number of hydrogen-bond donors (Lipinski definition) is 1. The smallest absolute Gasteiger partial charge is 0.303 e. The van der Waals surface area contributed by atoms with Crippen molar-refractivity contribution in [2.45, 2.75) is 32.7 Å². The second-order valence-electron chi connectivity index (χ2n) is 5.27. The predicted octanol–water partition coefficient (Wildman–Crippen LogP) is 2.93. The van der Waals surface area contributed by atoms with Crippen LogP contribution in [0.2, 0.25) is 0 Å². The standard InChI is InChI=1S/C15H16N2O3S2/c1-9-16-11(8-21-9)13-6-10-7-17(5-4-12(10)22-13)14(18)2-3-15(19)20/h6,8H,2-5,7H2,1H3,(H,19,20). The highest BCUT2D eigenvalue weighted by Gasteiger charge is 2.23. The zero-order valence-electron chi connectivity index (χ0n) is 12.2. The molecule has 2 aromatic rings. The van der Waals surface area contributed by atoms with Gasteiger partial charge in [0, 0.05) is 29.8 Å². The van der Waals surface area contributed by atoms with Crippen LogP contribution in [0.1, 0.15) is 28.3 Å². The quantitative estimate of drug-likeness (QED) is 0.932. The third-order valence-corrected chi connectivity index (χ3v) is 5.68. The van der Waals surface area contributed by atoms with Gasteiger partial charge in [-0.05, 0) is 25.0 Å². The Morgan fingerprint density at radius 3 is 2.91 bits per heavy atom. The summed E-state index contributed by atoms with van der Waals surface area (Å²) in [7, 11) is 0. The van der Waals surface area contributed by atoms with E-state index < -0.39 is 5.97 Å². The fourth-order valence-corrected chi connectivity index (χ4v) is 4.33. The van der Waals surface area contributed by atoms with Gasteiger partial charge < -0.3 is 10.0 Å². The van der Waals surface area contributed by atoms with Crippen molar-refractivity contribution in [2.24, 2.45) is 0 Å². The Hall–Kier alpha value is -1.73. The monoisotopic (exact) mass is 336 g/mol. The van der Waals surface area contributed by atoms with Gasteiger partial charge in [0.1, 0.15) is 0 Å². The van der Waals surface area contributed by atoms with E-state index in [1.54, 1.807) is 27.6 Å². The fraction of sp³-hybridized carbons (Fsp3) is 0.400. The molecule has 0 fully saturated rings. The molecule has 0 unspecified atom stereocenters. The Morgan fingerprint density at radius 2 is 2.23 bits per heavy atom. The van der Waals surface area contributed by atoms with Crippen LogP contribution in [-0.2, 0) is 22.6 Å². The molecule has 0 atom stereocenters. The number of fused-ring (bicyclic) bond motifs is 1. The van der Waals surface area contributed by atoms with Crippen LogP contribution in [0.3, 0.4) is 0 Å². The molecule has 0 aliphatic carbocycles. The molecular formula is C15H16N2O3S2. The van der Waals surface area contributed by atoms with Crippen LogP contribution in [0.15, 0.2) is 11.4 Å². The van der Waals surface area contributed by atoms with E-state index in [1.807, 2.05) is 6.92 Å². The molecule has 1 amide bonds. The minimum absolute atomic E-state index is 0.0763. The Labute approximate surface area is 136 Å². The lowest BCUT2D eigenvalue weighted by atomic mass is 10.1. The number of carbonyl (C=O) groups is 2. The number of carboxylic acid groups (broad SMARTS) is 1. The van der Waals surface area contributed by atoms with E-state index in [9.17, 15) is 9.59 Å². The van der Waals surface area contributed by atoms with Crippen LogP contribution in [-0.4, -0.2) is 33.4 Å². The first-order valence-corrected chi connectivity index (χ1v) is 8.76. The number of thiophene rings is 1. The largest absolute Gasteiger partial charge is 0.481 e. The number of carbonyl (C=O) groups excluding carboxylic acids is 1.